The zero-order chi connectivity index (χ0) is 6.85. The quantitative estimate of drug-likeness (QED) is 0.634. The van der Waals surface area contributed by atoms with Crippen molar-refractivity contribution in [3.8, 4) is 0 Å². The number of aliphatic hydroxyl groups excluding tert-OH is 1. The number of hydrogen-bond donors (Lipinski definition) is 1. The third-order valence-electron chi connectivity index (χ3n) is 1.32. The SMILES string of the molecule is O=C1CCCC(O)=C1Br. The average Bonchev–Trinajstić information content (AvgIpc) is 1.83. The Morgan fingerprint density at radius 2 is 2.11 bits per heavy atom. The van der Waals surface area contributed by atoms with Crippen LogP contribution in [0.3, 0.4) is 0 Å². The fourth-order valence-corrected chi connectivity index (χ4v) is 1.19. The maximum absolute atomic E-state index is 10.7. The number of carbonyl (C=O) groups excluding carboxylic acids is 1. The van der Waals surface area contributed by atoms with Crippen molar-refractivity contribution in [1.82, 2.24) is 0 Å². The summed E-state index contributed by atoms with van der Waals surface area (Å²) in [4.78, 5) is 10.7. The smallest absolute Gasteiger partial charge is 0.173 e. The van der Waals surface area contributed by atoms with Gasteiger partial charge in [-0.25, -0.2) is 0 Å². The van der Waals surface area contributed by atoms with E-state index >= 15 is 0 Å². The minimum atomic E-state index is 0.0127. The monoisotopic (exact) mass is 190 g/mol. The number of rotatable bonds is 0. The van der Waals surface area contributed by atoms with Gasteiger partial charge >= 0.3 is 0 Å². The lowest BCUT2D eigenvalue weighted by Crippen LogP contribution is -2.06. The molecule has 1 N–H and O–H groups in total. The predicted molar refractivity (Wildman–Crippen MR) is 37.4 cm³/mol. The molecule has 0 amide bonds. The molecule has 1 rings (SSSR count). The van der Waals surface area contributed by atoms with Gasteiger partial charge in [-0.05, 0) is 22.4 Å². The summed E-state index contributed by atoms with van der Waals surface area (Å²) in [5, 5.41) is 8.96. The summed E-state index contributed by atoms with van der Waals surface area (Å²) in [6.45, 7) is 0. The highest BCUT2D eigenvalue weighted by Gasteiger charge is 2.16. The lowest BCUT2D eigenvalue weighted by molar-refractivity contribution is -0.115. The Hall–Kier alpha value is -0.310. The summed E-state index contributed by atoms with van der Waals surface area (Å²) in [6, 6.07) is 0. The molecule has 0 aromatic rings. The molecule has 2 nitrogen and oxygen atoms in total. The molecule has 0 atom stereocenters. The fraction of sp³-hybridized carbons (Fsp3) is 0.500. The molecule has 0 aromatic heterocycles. The first kappa shape index (κ1) is 6.81. The molecule has 3 heteroatoms. The first-order chi connectivity index (χ1) is 4.22. The number of Topliss-reactive ketones (excluding diaryl/α,β-unsaturated/α-hetero) is 1. The van der Waals surface area contributed by atoms with Gasteiger partial charge in [-0.1, -0.05) is 0 Å². The van der Waals surface area contributed by atoms with E-state index in [0.717, 1.165) is 6.42 Å². The predicted octanol–water partition coefficient (Wildman–Crippen LogP) is 1.90. The van der Waals surface area contributed by atoms with Crippen LogP contribution in [0, 0.1) is 0 Å². The Morgan fingerprint density at radius 3 is 2.56 bits per heavy atom. The third-order valence-corrected chi connectivity index (χ3v) is 2.22. The van der Waals surface area contributed by atoms with Gasteiger partial charge in [0.15, 0.2) is 5.78 Å². The summed E-state index contributed by atoms with van der Waals surface area (Å²) in [5.41, 5.74) is 0. The van der Waals surface area contributed by atoms with Crippen LogP contribution in [0.5, 0.6) is 0 Å². The topological polar surface area (TPSA) is 37.3 Å². The van der Waals surface area contributed by atoms with Crippen LogP contribution in [0.1, 0.15) is 19.3 Å². The molecule has 50 valence electrons. The van der Waals surface area contributed by atoms with E-state index < -0.39 is 0 Å². The van der Waals surface area contributed by atoms with Crippen molar-refractivity contribution in [2.24, 2.45) is 0 Å². The Balaban J connectivity index is 2.84. The Bertz CT molecular complexity index is 172. The van der Waals surface area contributed by atoms with Crippen LogP contribution in [0.2, 0.25) is 0 Å². The number of aliphatic hydroxyl groups is 1. The lowest BCUT2D eigenvalue weighted by atomic mass is 10.1. The maximum Gasteiger partial charge on any atom is 0.173 e. The molecule has 1 aliphatic carbocycles. The zero-order valence-corrected chi connectivity index (χ0v) is 6.44. The van der Waals surface area contributed by atoms with Gasteiger partial charge in [0.1, 0.15) is 5.76 Å². The fourth-order valence-electron chi connectivity index (χ4n) is 0.797. The van der Waals surface area contributed by atoms with Crippen molar-refractivity contribution in [3.63, 3.8) is 0 Å². The van der Waals surface area contributed by atoms with Gasteiger partial charge in [-0.3, -0.25) is 4.79 Å². The molecule has 0 spiro atoms. The summed E-state index contributed by atoms with van der Waals surface area (Å²) >= 11 is 3.00. The second-order valence-corrected chi connectivity index (χ2v) is 2.83. The van der Waals surface area contributed by atoms with Crippen molar-refractivity contribution in [2.45, 2.75) is 19.3 Å². The van der Waals surface area contributed by atoms with Gasteiger partial charge in [0, 0.05) is 12.8 Å². The summed E-state index contributed by atoms with van der Waals surface area (Å²) in [5.74, 6) is 0.213. The lowest BCUT2D eigenvalue weighted by Gasteiger charge is -2.08. The molecule has 0 saturated heterocycles. The molecule has 1 aliphatic rings. The van der Waals surface area contributed by atoms with Crippen LogP contribution in [0.15, 0.2) is 10.2 Å². The molecule has 0 fully saturated rings. The number of ketones is 1. The van der Waals surface area contributed by atoms with E-state index in [1.54, 1.807) is 0 Å². The Kier molecular flexibility index (Phi) is 1.90. The third kappa shape index (κ3) is 1.33. The standard InChI is InChI=1S/C6H7BrO2/c7-6-4(8)2-1-3-5(6)9/h8H,1-3H2. The molecule has 9 heavy (non-hydrogen) atoms. The van der Waals surface area contributed by atoms with E-state index in [9.17, 15) is 4.79 Å². The second kappa shape index (κ2) is 2.52. The van der Waals surface area contributed by atoms with Gasteiger partial charge in [-0.2, -0.15) is 0 Å². The molecule has 0 heterocycles. The summed E-state index contributed by atoms with van der Waals surface area (Å²) in [6.07, 6.45) is 1.97. The van der Waals surface area contributed by atoms with Crippen molar-refractivity contribution in [3.05, 3.63) is 10.2 Å². The van der Waals surface area contributed by atoms with E-state index in [4.69, 9.17) is 5.11 Å². The minimum absolute atomic E-state index is 0.0127. The van der Waals surface area contributed by atoms with Crippen LogP contribution in [-0.4, -0.2) is 10.9 Å². The number of allylic oxidation sites excluding steroid dienone is 2. The zero-order valence-electron chi connectivity index (χ0n) is 4.85. The van der Waals surface area contributed by atoms with Crippen molar-refractivity contribution in [1.29, 1.82) is 0 Å². The highest BCUT2D eigenvalue weighted by Crippen LogP contribution is 2.23. The van der Waals surface area contributed by atoms with E-state index in [2.05, 4.69) is 15.9 Å². The minimum Gasteiger partial charge on any atom is -0.511 e. The molecule has 0 aliphatic heterocycles. The van der Waals surface area contributed by atoms with Crippen molar-refractivity contribution >= 4 is 21.7 Å². The largest absolute Gasteiger partial charge is 0.511 e. The summed E-state index contributed by atoms with van der Waals surface area (Å²) in [7, 11) is 0. The Labute approximate surface area is 61.7 Å². The van der Waals surface area contributed by atoms with E-state index in [1.165, 1.54) is 0 Å². The van der Waals surface area contributed by atoms with Gasteiger partial charge in [0.05, 0.1) is 4.48 Å². The van der Waals surface area contributed by atoms with Crippen LogP contribution < -0.4 is 0 Å². The summed E-state index contributed by atoms with van der Waals surface area (Å²) < 4.78 is 0.369. The van der Waals surface area contributed by atoms with Crippen LogP contribution in [0.4, 0.5) is 0 Å². The molecule has 0 saturated carbocycles. The van der Waals surface area contributed by atoms with Gasteiger partial charge < -0.3 is 5.11 Å². The van der Waals surface area contributed by atoms with E-state index in [0.29, 0.717) is 17.3 Å². The molecule has 0 aromatic carbocycles. The van der Waals surface area contributed by atoms with E-state index in [-0.39, 0.29) is 11.5 Å². The first-order valence-electron chi connectivity index (χ1n) is 2.82. The Morgan fingerprint density at radius 1 is 1.44 bits per heavy atom. The normalized spacial score (nSPS) is 20.8. The molecular weight excluding hydrogens is 184 g/mol. The molecule has 0 unspecified atom stereocenters. The maximum atomic E-state index is 10.7. The van der Waals surface area contributed by atoms with Crippen LogP contribution in [-0.2, 0) is 4.79 Å². The highest BCUT2D eigenvalue weighted by molar-refractivity contribution is 9.12. The van der Waals surface area contributed by atoms with Gasteiger partial charge in [-0.15, -0.1) is 0 Å². The van der Waals surface area contributed by atoms with Crippen LogP contribution in [0.25, 0.3) is 0 Å². The van der Waals surface area contributed by atoms with Gasteiger partial charge in [0.2, 0.25) is 0 Å². The van der Waals surface area contributed by atoms with Crippen molar-refractivity contribution < 1.29 is 9.90 Å². The number of carbonyl (C=O) groups is 1. The van der Waals surface area contributed by atoms with Crippen molar-refractivity contribution in [2.75, 3.05) is 0 Å². The van der Waals surface area contributed by atoms with E-state index in [1.807, 2.05) is 0 Å². The second-order valence-electron chi connectivity index (χ2n) is 2.04. The average molecular weight is 191 g/mol. The number of hydrogen-bond acceptors (Lipinski definition) is 2. The van der Waals surface area contributed by atoms with Crippen LogP contribution >= 0.6 is 15.9 Å². The first-order valence-corrected chi connectivity index (χ1v) is 3.62. The molecule has 0 radical (unpaired) electrons. The molecular formula is C6H7BrO2. The number of halogens is 1. The molecule has 0 bridgehead atoms. The highest BCUT2D eigenvalue weighted by atomic mass is 79.9. The van der Waals surface area contributed by atoms with Gasteiger partial charge in [0.25, 0.3) is 0 Å².